The van der Waals surface area contributed by atoms with Crippen molar-refractivity contribution >= 4 is 16.4 Å². The van der Waals surface area contributed by atoms with Crippen molar-refractivity contribution in [3.8, 4) is 0 Å². The highest BCUT2D eigenvalue weighted by Crippen LogP contribution is 2.15. The Morgan fingerprint density at radius 2 is 1.71 bits per heavy atom. The number of hydrogen-bond donors (Lipinski definition) is 2. The van der Waals surface area contributed by atoms with Crippen molar-refractivity contribution in [3.63, 3.8) is 0 Å². The Labute approximate surface area is 146 Å². The number of rotatable bonds is 9. The van der Waals surface area contributed by atoms with Crippen LogP contribution in [0.1, 0.15) is 60.3 Å². The maximum atomic E-state index is 11.2. The molecule has 0 bridgehead atoms. The van der Waals surface area contributed by atoms with E-state index in [1.165, 1.54) is 19.3 Å². The third-order valence-corrected chi connectivity index (χ3v) is 3.03. The maximum Gasteiger partial charge on any atom is 0.394 e. The summed E-state index contributed by atoms with van der Waals surface area (Å²) in [6.07, 6.45) is 10.7. The average Bonchev–Trinajstić information content (AvgIpc) is 2.36. The number of carbonyl (C=O) groups is 1. The number of carbonyl (C=O) groups excluding carboxylic acids is 1. The van der Waals surface area contributed by atoms with Crippen molar-refractivity contribution < 1.29 is 27.1 Å². The first-order valence-corrected chi connectivity index (χ1v) is 9.56. The molecule has 0 aromatic rings. The Morgan fingerprint density at radius 1 is 1.17 bits per heavy atom. The molecule has 1 atom stereocenters. The number of ether oxygens (including phenoxy) is 1. The zero-order chi connectivity index (χ0) is 19.2. The van der Waals surface area contributed by atoms with Crippen LogP contribution >= 0.6 is 0 Å². The lowest BCUT2D eigenvalue weighted by molar-refractivity contribution is -0.137. The van der Waals surface area contributed by atoms with Crippen molar-refractivity contribution in [2.45, 2.75) is 60.3 Å². The minimum absolute atomic E-state index is 0.255. The van der Waals surface area contributed by atoms with Gasteiger partial charge in [0.05, 0.1) is 6.61 Å². The lowest BCUT2D eigenvalue weighted by atomic mass is 9.97. The average molecular weight is 365 g/mol. The normalized spacial score (nSPS) is 13.6. The third kappa shape index (κ3) is 25.8. The summed E-state index contributed by atoms with van der Waals surface area (Å²) in [4.78, 5) is 11.2. The molecule has 0 saturated heterocycles. The summed E-state index contributed by atoms with van der Waals surface area (Å²) in [5, 5.41) is 0. The van der Waals surface area contributed by atoms with Gasteiger partial charge in [-0.3, -0.25) is 9.11 Å². The van der Waals surface area contributed by atoms with Gasteiger partial charge in [-0.1, -0.05) is 52.2 Å². The molecule has 0 heterocycles. The first-order valence-electron chi connectivity index (χ1n) is 8.17. The molecule has 7 heteroatoms. The Hall–Kier alpha value is -1.18. The van der Waals surface area contributed by atoms with Crippen LogP contribution in [-0.4, -0.2) is 30.1 Å². The summed E-state index contributed by atoms with van der Waals surface area (Å²) in [5.41, 5.74) is 0.952. The first-order chi connectivity index (χ1) is 11.0. The molecule has 0 radical (unpaired) electrons. The van der Waals surface area contributed by atoms with Crippen LogP contribution in [0.2, 0.25) is 0 Å². The number of esters is 1. The van der Waals surface area contributed by atoms with Crippen molar-refractivity contribution in [2.24, 2.45) is 11.8 Å². The van der Waals surface area contributed by atoms with E-state index in [1.54, 1.807) is 6.08 Å². The molecule has 0 aromatic heterocycles. The van der Waals surface area contributed by atoms with E-state index in [2.05, 4.69) is 26.8 Å². The molecule has 0 aromatic carbocycles. The summed E-state index contributed by atoms with van der Waals surface area (Å²) in [6.45, 7) is 11.0. The Bertz CT molecular complexity index is 483. The largest absolute Gasteiger partial charge is 0.463 e. The van der Waals surface area contributed by atoms with Crippen LogP contribution < -0.4 is 0 Å². The highest BCUT2D eigenvalue weighted by atomic mass is 32.3. The highest BCUT2D eigenvalue weighted by molar-refractivity contribution is 7.79. The summed E-state index contributed by atoms with van der Waals surface area (Å²) < 4.78 is 36.4. The van der Waals surface area contributed by atoms with Crippen molar-refractivity contribution in [2.75, 3.05) is 6.61 Å². The smallest absolute Gasteiger partial charge is 0.394 e. The van der Waals surface area contributed by atoms with Crippen LogP contribution in [0.5, 0.6) is 0 Å². The van der Waals surface area contributed by atoms with Crippen LogP contribution in [0.3, 0.4) is 0 Å². The highest BCUT2D eigenvalue weighted by Gasteiger charge is 2.01. The zero-order valence-electron chi connectivity index (χ0n) is 15.4. The molecule has 2 N–H and O–H groups in total. The van der Waals surface area contributed by atoms with Gasteiger partial charge in [0.2, 0.25) is 0 Å². The van der Waals surface area contributed by atoms with Crippen LogP contribution in [-0.2, 0) is 19.9 Å². The number of allylic oxidation sites excluding steroid dienone is 3. The van der Waals surface area contributed by atoms with Gasteiger partial charge in [0.1, 0.15) is 0 Å². The Balaban J connectivity index is 0. The lowest BCUT2D eigenvalue weighted by Crippen LogP contribution is -1.99. The monoisotopic (exact) mass is 364 g/mol. The van der Waals surface area contributed by atoms with Crippen LogP contribution in [0.15, 0.2) is 23.8 Å². The van der Waals surface area contributed by atoms with E-state index in [0.717, 1.165) is 17.9 Å². The second kappa shape index (κ2) is 14.2. The minimum atomic E-state index is -4.67. The van der Waals surface area contributed by atoms with Crippen molar-refractivity contribution in [3.05, 3.63) is 23.8 Å². The van der Waals surface area contributed by atoms with E-state index < -0.39 is 10.4 Å². The first kappa shape index (κ1) is 25.1. The molecule has 24 heavy (non-hydrogen) atoms. The minimum Gasteiger partial charge on any atom is -0.463 e. The van der Waals surface area contributed by atoms with E-state index in [4.69, 9.17) is 22.3 Å². The molecule has 0 aliphatic carbocycles. The van der Waals surface area contributed by atoms with Crippen LogP contribution in [0, 0.1) is 11.8 Å². The molecular weight excluding hydrogens is 332 g/mol. The van der Waals surface area contributed by atoms with Gasteiger partial charge in [0.25, 0.3) is 0 Å². The van der Waals surface area contributed by atoms with Gasteiger partial charge >= 0.3 is 16.4 Å². The quantitative estimate of drug-likeness (QED) is 0.274. The van der Waals surface area contributed by atoms with Gasteiger partial charge in [-0.2, -0.15) is 8.42 Å². The van der Waals surface area contributed by atoms with Crippen molar-refractivity contribution in [1.29, 1.82) is 0 Å². The second-order valence-corrected chi connectivity index (χ2v) is 7.05. The second-order valence-electron chi connectivity index (χ2n) is 6.16. The molecule has 0 rings (SSSR count). The fourth-order valence-corrected chi connectivity index (χ4v) is 1.90. The molecule has 0 fully saturated rings. The van der Waals surface area contributed by atoms with Gasteiger partial charge < -0.3 is 4.74 Å². The van der Waals surface area contributed by atoms with Crippen molar-refractivity contribution in [1.82, 2.24) is 0 Å². The van der Waals surface area contributed by atoms with Gasteiger partial charge in [0.15, 0.2) is 0 Å². The summed E-state index contributed by atoms with van der Waals surface area (Å²) >= 11 is 0. The molecule has 0 saturated carbocycles. The predicted molar refractivity (Wildman–Crippen MR) is 96.2 cm³/mol. The fourth-order valence-electron chi connectivity index (χ4n) is 1.90. The van der Waals surface area contributed by atoms with Gasteiger partial charge in [-0.25, -0.2) is 4.79 Å². The Morgan fingerprint density at radius 3 is 2.17 bits per heavy atom. The molecule has 0 aliphatic heterocycles. The van der Waals surface area contributed by atoms with E-state index in [9.17, 15) is 4.79 Å². The number of hydrogen-bond acceptors (Lipinski definition) is 4. The van der Waals surface area contributed by atoms with Gasteiger partial charge in [-0.15, -0.1) is 0 Å². The van der Waals surface area contributed by atoms with E-state index in [-0.39, 0.29) is 5.97 Å². The summed E-state index contributed by atoms with van der Waals surface area (Å²) in [6, 6.07) is 0. The predicted octanol–water partition coefficient (Wildman–Crippen LogP) is 4.25. The summed E-state index contributed by atoms with van der Waals surface area (Å²) in [5.74, 6) is 1.26. The molecule has 1 unspecified atom stereocenters. The van der Waals surface area contributed by atoms with E-state index in [1.807, 2.05) is 19.9 Å². The molecule has 6 nitrogen and oxygen atoms in total. The Kier molecular flexibility index (Phi) is 14.8. The van der Waals surface area contributed by atoms with Crippen LogP contribution in [0.25, 0.3) is 0 Å². The molecular formula is C17H32O6S. The maximum absolute atomic E-state index is 11.2. The topological polar surface area (TPSA) is 101 Å². The molecule has 142 valence electrons. The molecule has 0 aliphatic rings. The van der Waals surface area contributed by atoms with Gasteiger partial charge in [-0.05, 0) is 37.7 Å². The fraction of sp³-hybridized carbons (Fsp3) is 0.706. The van der Waals surface area contributed by atoms with E-state index >= 15 is 0 Å². The van der Waals surface area contributed by atoms with Gasteiger partial charge in [0, 0.05) is 6.08 Å². The SMILES string of the molecule is CCOC(=O)/C=C(C)/C=C/CC(C)CCCC(C)C.O=S(=O)(O)O. The molecule has 0 spiro atoms. The lowest BCUT2D eigenvalue weighted by Gasteiger charge is -2.09. The standard InChI is InChI=1S/C17H30O2.H2O4S/c1-6-19-17(18)13-16(5)12-8-11-15(4)10-7-9-14(2)3;1-5(2,3)4/h8,12-15H,6-7,9-11H2,1-5H3;(H2,1,2,3,4)/b12-8+,16-13+;. The van der Waals surface area contributed by atoms with E-state index in [0.29, 0.717) is 12.5 Å². The molecule has 0 amide bonds. The third-order valence-electron chi connectivity index (χ3n) is 3.03. The summed E-state index contributed by atoms with van der Waals surface area (Å²) in [7, 11) is -4.67. The van der Waals surface area contributed by atoms with Crippen LogP contribution in [0.4, 0.5) is 0 Å². The zero-order valence-corrected chi connectivity index (χ0v) is 16.2.